The predicted octanol–water partition coefficient (Wildman–Crippen LogP) is 2.22. The van der Waals surface area contributed by atoms with Gasteiger partial charge in [-0.2, -0.15) is 0 Å². The lowest BCUT2D eigenvalue weighted by Gasteiger charge is -2.28. The number of carbonyl (C=O) groups is 1. The first-order valence-electron chi connectivity index (χ1n) is 6.72. The Morgan fingerprint density at radius 2 is 2.19 bits per heavy atom. The molecular weight excluding hydrogens is 274 g/mol. The van der Waals surface area contributed by atoms with Crippen LogP contribution in [0.1, 0.15) is 26.3 Å². The third-order valence-corrected chi connectivity index (χ3v) is 3.22. The highest BCUT2D eigenvalue weighted by molar-refractivity contribution is 5.92. The molecule has 0 radical (unpaired) electrons. The molecule has 1 aliphatic heterocycles. The quantitative estimate of drug-likeness (QED) is 0.665. The second-order valence-electron chi connectivity index (χ2n) is 6.01. The fourth-order valence-corrected chi connectivity index (χ4v) is 2.35. The van der Waals surface area contributed by atoms with E-state index in [1.165, 1.54) is 17.0 Å². The third-order valence-electron chi connectivity index (χ3n) is 3.22. The van der Waals surface area contributed by atoms with E-state index < -0.39 is 16.6 Å². The van der Waals surface area contributed by atoms with Gasteiger partial charge in [0.2, 0.25) is 0 Å². The minimum absolute atomic E-state index is 0.0556. The van der Waals surface area contributed by atoms with Crippen molar-refractivity contribution in [3.05, 3.63) is 33.9 Å². The third kappa shape index (κ3) is 3.13. The van der Waals surface area contributed by atoms with Crippen molar-refractivity contribution < 1.29 is 14.5 Å². The Labute approximate surface area is 122 Å². The van der Waals surface area contributed by atoms with E-state index in [0.717, 1.165) is 5.56 Å². The van der Waals surface area contributed by atoms with Crippen molar-refractivity contribution in [1.29, 1.82) is 0 Å². The minimum Gasteiger partial charge on any atom is -0.443 e. The minimum atomic E-state index is -0.639. The van der Waals surface area contributed by atoms with Crippen LogP contribution in [0.5, 0.6) is 0 Å². The maximum Gasteiger partial charge on any atom is 0.415 e. The zero-order chi connectivity index (χ0) is 15.8. The average molecular weight is 293 g/mol. The molecule has 2 rings (SSSR count). The van der Waals surface area contributed by atoms with Crippen LogP contribution in [0.2, 0.25) is 0 Å². The molecule has 7 heteroatoms. The van der Waals surface area contributed by atoms with Crippen LogP contribution in [0.3, 0.4) is 0 Å². The molecule has 0 spiro atoms. The summed E-state index contributed by atoms with van der Waals surface area (Å²) in [5, 5.41) is 10.9. The van der Waals surface area contributed by atoms with Gasteiger partial charge in [-0.1, -0.05) is 6.07 Å². The van der Waals surface area contributed by atoms with E-state index in [9.17, 15) is 14.9 Å². The highest BCUT2D eigenvalue weighted by atomic mass is 16.6. The summed E-state index contributed by atoms with van der Waals surface area (Å²) < 4.78 is 5.37. The molecule has 21 heavy (non-hydrogen) atoms. The average Bonchev–Trinajstić information content (AvgIpc) is 2.73. The summed E-state index contributed by atoms with van der Waals surface area (Å²) in [5.41, 5.74) is 6.40. The van der Waals surface area contributed by atoms with Crippen molar-refractivity contribution in [2.45, 2.75) is 38.8 Å². The number of nitro groups is 1. The Morgan fingerprint density at radius 1 is 1.52 bits per heavy atom. The first-order valence-corrected chi connectivity index (χ1v) is 6.72. The van der Waals surface area contributed by atoms with Crippen molar-refractivity contribution >= 4 is 17.5 Å². The van der Waals surface area contributed by atoms with Gasteiger partial charge in [0, 0.05) is 18.7 Å². The lowest BCUT2D eigenvalue weighted by molar-refractivity contribution is -0.384. The standard InChI is InChI=1S/C14H19N3O4/c1-14(2,3)21-13(18)16-11(8-15)6-9-4-5-10(17(19)20)7-12(9)16/h4-5,7,11H,6,8,15H2,1-3H3/t11-/m0/s1. The predicted molar refractivity (Wildman–Crippen MR) is 78.4 cm³/mol. The van der Waals surface area contributed by atoms with Crippen LogP contribution in [0.25, 0.3) is 0 Å². The van der Waals surface area contributed by atoms with Gasteiger partial charge in [0.05, 0.1) is 16.7 Å². The van der Waals surface area contributed by atoms with E-state index in [4.69, 9.17) is 10.5 Å². The lowest BCUT2D eigenvalue weighted by atomic mass is 10.1. The molecule has 1 amide bonds. The lowest BCUT2D eigenvalue weighted by Crippen LogP contribution is -2.44. The molecule has 114 valence electrons. The van der Waals surface area contributed by atoms with E-state index in [-0.39, 0.29) is 18.3 Å². The number of nitrogens with two attached hydrogens (primary N) is 1. The van der Waals surface area contributed by atoms with Crippen molar-refractivity contribution in [1.82, 2.24) is 0 Å². The van der Waals surface area contributed by atoms with Gasteiger partial charge in [-0.3, -0.25) is 15.0 Å². The monoisotopic (exact) mass is 293 g/mol. The Balaban J connectivity index is 2.38. The van der Waals surface area contributed by atoms with Gasteiger partial charge >= 0.3 is 6.09 Å². The molecule has 1 atom stereocenters. The van der Waals surface area contributed by atoms with Crippen LogP contribution in [-0.4, -0.2) is 29.2 Å². The topological polar surface area (TPSA) is 98.7 Å². The van der Waals surface area contributed by atoms with Gasteiger partial charge in [-0.25, -0.2) is 4.79 Å². The first kappa shape index (κ1) is 15.2. The van der Waals surface area contributed by atoms with Crippen molar-refractivity contribution in [3.8, 4) is 0 Å². The number of hydrogen-bond acceptors (Lipinski definition) is 5. The summed E-state index contributed by atoms with van der Waals surface area (Å²) in [7, 11) is 0. The van der Waals surface area contributed by atoms with Crippen LogP contribution in [-0.2, 0) is 11.2 Å². The number of ether oxygens (including phenoxy) is 1. The van der Waals surface area contributed by atoms with Crippen molar-refractivity contribution in [2.24, 2.45) is 5.73 Å². The van der Waals surface area contributed by atoms with Crippen LogP contribution < -0.4 is 10.6 Å². The smallest absolute Gasteiger partial charge is 0.415 e. The maximum absolute atomic E-state index is 12.4. The van der Waals surface area contributed by atoms with Gasteiger partial charge in [-0.05, 0) is 32.8 Å². The van der Waals surface area contributed by atoms with Gasteiger partial charge in [-0.15, -0.1) is 0 Å². The number of nitrogens with zero attached hydrogens (tertiary/aromatic N) is 2. The summed E-state index contributed by atoms with van der Waals surface area (Å²) in [5.74, 6) is 0. The molecule has 1 aliphatic rings. The normalized spacial score (nSPS) is 17.5. The van der Waals surface area contributed by atoms with Gasteiger partial charge < -0.3 is 10.5 Å². The van der Waals surface area contributed by atoms with Crippen LogP contribution >= 0.6 is 0 Å². The molecule has 1 aromatic rings. The first-order chi connectivity index (χ1) is 9.73. The second-order valence-corrected chi connectivity index (χ2v) is 6.01. The van der Waals surface area contributed by atoms with E-state index in [0.29, 0.717) is 12.1 Å². The highest BCUT2D eigenvalue weighted by Crippen LogP contribution is 2.35. The Kier molecular flexibility index (Phi) is 3.87. The zero-order valence-corrected chi connectivity index (χ0v) is 12.3. The molecule has 0 aliphatic carbocycles. The largest absolute Gasteiger partial charge is 0.443 e. The highest BCUT2D eigenvalue weighted by Gasteiger charge is 2.36. The SMILES string of the molecule is CC(C)(C)OC(=O)N1c2cc([N+](=O)[O-])ccc2C[C@H]1CN. The molecule has 0 saturated heterocycles. The van der Waals surface area contributed by atoms with Gasteiger partial charge in [0.25, 0.3) is 5.69 Å². The van der Waals surface area contributed by atoms with E-state index >= 15 is 0 Å². The summed E-state index contributed by atoms with van der Waals surface area (Å²) in [6.45, 7) is 5.58. The zero-order valence-electron chi connectivity index (χ0n) is 12.3. The van der Waals surface area contributed by atoms with Crippen molar-refractivity contribution in [2.75, 3.05) is 11.4 Å². The fourth-order valence-electron chi connectivity index (χ4n) is 2.35. The summed E-state index contributed by atoms with van der Waals surface area (Å²) >= 11 is 0. The molecule has 0 bridgehead atoms. The summed E-state index contributed by atoms with van der Waals surface area (Å²) in [4.78, 5) is 24.2. The Bertz CT molecular complexity index is 580. The molecule has 2 N–H and O–H groups in total. The Hall–Kier alpha value is -2.15. The van der Waals surface area contributed by atoms with Crippen molar-refractivity contribution in [3.63, 3.8) is 0 Å². The van der Waals surface area contributed by atoms with E-state index in [1.54, 1.807) is 26.8 Å². The number of fused-ring (bicyclic) bond motifs is 1. The van der Waals surface area contributed by atoms with E-state index in [1.807, 2.05) is 0 Å². The van der Waals surface area contributed by atoms with Gasteiger partial charge in [0.1, 0.15) is 5.60 Å². The number of rotatable bonds is 2. The van der Waals surface area contributed by atoms with E-state index in [2.05, 4.69) is 0 Å². The molecule has 7 nitrogen and oxygen atoms in total. The molecule has 0 saturated carbocycles. The van der Waals surface area contributed by atoms with Crippen LogP contribution in [0, 0.1) is 10.1 Å². The number of benzene rings is 1. The Morgan fingerprint density at radius 3 is 2.71 bits per heavy atom. The summed E-state index contributed by atoms with van der Waals surface area (Å²) in [6, 6.07) is 4.26. The molecular formula is C14H19N3O4. The number of amides is 1. The molecule has 1 heterocycles. The molecule has 0 aromatic heterocycles. The van der Waals surface area contributed by atoms with Crippen LogP contribution in [0.15, 0.2) is 18.2 Å². The molecule has 0 fully saturated rings. The fraction of sp³-hybridized carbons (Fsp3) is 0.500. The number of non-ortho nitro benzene ring substituents is 1. The maximum atomic E-state index is 12.4. The van der Waals surface area contributed by atoms with Crippen LogP contribution in [0.4, 0.5) is 16.2 Å². The molecule has 0 unspecified atom stereocenters. The number of hydrogen-bond donors (Lipinski definition) is 1. The summed E-state index contributed by atoms with van der Waals surface area (Å²) in [6.07, 6.45) is 0.0421. The molecule has 1 aromatic carbocycles. The second kappa shape index (κ2) is 5.33. The number of nitro benzene ring substituents is 1. The number of carbonyl (C=O) groups excluding carboxylic acids is 1. The van der Waals surface area contributed by atoms with Gasteiger partial charge in [0.15, 0.2) is 0 Å². The number of anilines is 1.